The zero-order valence-corrected chi connectivity index (χ0v) is 8.45. The molecule has 0 fully saturated rings. The van der Waals surface area contributed by atoms with Crippen LogP contribution in [0, 0.1) is 0 Å². The number of rotatable bonds is 2. The second-order valence-corrected chi connectivity index (χ2v) is 3.70. The van der Waals surface area contributed by atoms with Crippen molar-refractivity contribution in [2.75, 3.05) is 5.32 Å². The van der Waals surface area contributed by atoms with E-state index >= 15 is 0 Å². The van der Waals surface area contributed by atoms with Gasteiger partial charge in [-0.2, -0.15) is 13.2 Å². The first-order chi connectivity index (χ1) is 6.87. The van der Waals surface area contributed by atoms with Crippen molar-refractivity contribution < 1.29 is 18.0 Å². The Morgan fingerprint density at radius 1 is 1.47 bits per heavy atom. The molecule has 1 heterocycles. The third-order valence-corrected chi connectivity index (χ3v) is 1.96. The lowest BCUT2D eigenvalue weighted by Crippen LogP contribution is -2.06. The largest absolute Gasteiger partial charge is 0.447 e. The summed E-state index contributed by atoms with van der Waals surface area (Å²) in [6, 6.07) is 2.56. The SMILES string of the molecule is CC(=O)Nc1ccc(SC(F)(F)F)nc1. The highest BCUT2D eigenvalue weighted by atomic mass is 32.2. The quantitative estimate of drug-likeness (QED) is 0.802. The van der Waals surface area contributed by atoms with E-state index in [0.29, 0.717) is 5.69 Å². The number of aromatic nitrogens is 1. The predicted molar refractivity (Wildman–Crippen MR) is 50.5 cm³/mol. The van der Waals surface area contributed by atoms with E-state index < -0.39 is 5.51 Å². The van der Waals surface area contributed by atoms with Crippen molar-refractivity contribution in [2.45, 2.75) is 17.5 Å². The van der Waals surface area contributed by atoms with E-state index in [-0.39, 0.29) is 22.7 Å². The number of nitrogens with one attached hydrogen (secondary N) is 1. The summed E-state index contributed by atoms with van der Waals surface area (Å²) < 4.78 is 35.7. The van der Waals surface area contributed by atoms with Crippen molar-refractivity contribution in [3.05, 3.63) is 18.3 Å². The van der Waals surface area contributed by atoms with E-state index in [0.717, 1.165) is 0 Å². The first-order valence-electron chi connectivity index (χ1n) is 3.86. The predicted octanol–water partition coefficient (Wildman–Crippen LogP) is 2.65. The van der Waals surface area contributed by atoms with Crippen LogP contribution >= 0.6 is 11.8 Å². The highest BCUT2D eigenvalue weighted by Crippen LogP contribution is 2.35. The zero-order chi connectivity index (χ0) is 11.5. The summed E-state index contributed by atoms with van der Waals surface area (Å²) in [5.41, 5.74) is -3.98. The molecule has 0 atom stereocenters. The van der Waals surface area contributed by atoms with Gasteiger partial charge in [0.1, 0.15) is 5.03 Å². The molecule has 0 bridgehead atoms. The fourth-order valence-corrected chi connectivity index (χ4v) is 1.32. The number of carbonyl (C=O) groups excluding carboxylic acids is 1. The average Bonchev–Trinajstić information content (AvgIpc) is 2.05. The molecule has 0 spiro atoms. The molecule has 1 amide bonds. The van der Waals surface area contributed by atoms with Crippen molar-refractivity contribution in [1.29, 1.82) is 0 Å². The van der Waals surface area contributed by atoms with Crippen LogP contribution in [0.15, 0.2) is 23.4 Å². The fourth-order valence-electron chi connectivity index (χ4n) is 0.836. The maximum atomic E-state index is 11.9. The Morgan fingerprint density at radius 3 is 2.53 bits per heavy atom. The van der Waals surface area contributed by atoms with Gasteiger partial charge in [0.25, 0.3) is 0 Å². The van der Waals surface area contributed by atoms with Gasteiger partial charge in [-0.05, 0) is 12.1 Å². The summed E-state index contributed by atoms with van der Waals surface area (Å²) in [6.45, 7) is 1.30. The lowest BCUT2D eigenvalue weighted by Gasteiger charge is -2.05. The molecular formula is C8H7F3N2OS. The Morgan fingerprint density at radius 2 is 2.13 bits per heavy atom. The minimum atomic E-state index is -4.34. The molecule has 0 saturated carbocycles. The third-order valence-electron chi connectivity index (χ3n) is 1.28. The topological polar surface area (TPSA) is 42.0 Å². The van der Waals surface area contributed by atoms with Gasteiger partial charge in [-0.25, -0.2) is 4.98 Å². The number of hydrogen-bond donors (Lipinski definition) is 1. The first kappa shape index (κ1) is 11.8. The Labute approximate surface area is 88.1 Å². The molecule has 0 saturated heterocycles. The van der Waals surface area contributed by atoms with Gasteiger partial charge in [0.2, 0.25) is 5.91 Å². The molecule has 15 heavy (non-hydrogen) atoms. The molecule has 0 radical (unpaired) electrons. The summed E-state index contributed by atoms with van der Waals surface area (Å²) >= 11 is -0.295. The molecule has 0 aliphatic heterocycles. The molecule has 3 nitrogen and oxygen atoms in total. The number of amides is 1. The van der Waals surface area contributed by atoms with Gasteiger partial charge < -0.3 is 5.32 Å². The molecule has 0 aromatic carbocycles. The molecule has 7 heteroatoms. The van der Waals surface area contributed by atoms with E-state index in [1.54, 1.807) is 0 Å². The van der Waals surface area contributed by atoms with Crippen LogP contribution in [-0.2, 0) is 4.79 Å². The Bertz CT molecular complexity index is 350. The number of carbonyl (C=O) groups is 1. The standard InChI is InChI=1S/C8H7F3N2OS/c1-5(14)13-6-2-3-7(12-4-6)15-8(9,10)11/h2-4H,1H3,(H,13,14). The third kappa shape index (κ3) is 4.68. The minimum Gasteiger partial charge on any atom is -0.325 e. The van der Waals surface area contributed by atoms with Gasteiger partial charge in [0.15, 0.2) is 0 Å². The Kier molecular flexibility index (Phi) is 3.57. The highest BCUT2D eigenvalue weighted by molar-refractivity contribution is 8.00. The van der Waals surface area contributed by atoms with E-state index in [2.05, 4.69) is 10.3 Å². The smallest absolute Gasteiger partial charge is 0.325 e. The number of hydrogen-bond acceptors (Lipinski definition) is 3. The zero-order valence-electron chi connectivity index (χ0n) is 7.63. The number of pyridine rings is 1. The monoisotopic (exact) mass is 236 g/mol. The fraction of sp³-hybridized carbons (Fsp3) is 0.250. The highest BCUT2D eigenvalue weighted by Gasteiger charge is 2.29. The first-order valence-corrected chi connectivity index (χ1v) is 4.68. The van der Waals surface area contributed by atoms with Crippen LogP contribution in [0.25, 0.3) is 0 Å². The Balaban J connectivity index is 2.68. The van der Waals surface area contributed by atoms with E-state index in [9.17, 15) is 18.0 Å². The molecule has 0 aliphatic rings. The van der Waals surface area contributed by atoms with E-state index in [1.807, 2.05) is 0 Å². The molecule has 0 aliphatic carbocycles. The van der Waals surface area contributed by atoms with E-state index in [1.165, 1.54) is 25.3 Å². The number of anilines is 1. The van der Waals surface area contributed by atoms with Crippen LogP contribution in [0.1, 0.15) is 6.92 Å². The molecule has 1 aromatic rings. The number of thioether (sulfide) groups is 1. The Hall–Kier alpha value is -1.24. The molecule has 82 valence electrons. The van der Waals surface area contributed by atoms with Crippen LogP contribution in [-0.4, -0.2) is 16.4 Å². The summed E-state index contributed by atoms with van der Waals surface area (Å²) in [7, 11) is 0. The summed E-state index contributed by atoms with van der Waals surface area (Å²) in [4.78, 5) is 14.1. The summed E-state index contributed by atoms with van der Waals surface area (Å²) in [5, 5.41) is 2.25. The van der Waals surface area contributed by atoms with Crippen molar-refractivity contribution in [1.82, 2.24) is 4.98 Å². The number of halogens is 3. The van der Waals surface area contributed by atoms with Gasteiger partial charge in [-0.15, -0.1) is 0 Å². The maximum absolute atomic E-state index is 11.9. The molecule has 1 N–H and O–H groups in total. The number of nitrogens with zero attached hydrogens (tertiary/aromatic N) is 1. The van der Waals surface area contributed by atoms with Crippen molar-refractivity contribution >= 4 is 23.4 Å². The summed E-state index contributed by atoms with van der Waals surface area (Å²) in [6.07, 6.45) is 1.18. The second-order valence-electron chi connectivity index (χ2n) is 2.61. The van der Waals surface area contributed by atoms with Gasteiger partial charge in [-0.1, -0.05) is 0 Å². The van der Waals surface area contributed by atoms with Crippen LogP contribution in [0.5, 0.6) is 0 Å². The van der Waals surface area contributed by atoms with Crippen LogP contribution in [0.4, 0.5) is 18.9 Å². The molecule has 1 aromatic heterocycles. The van der Waals surface area contributed by atoms with Crippen LogP contribution in [0.3, 0.4) is 0 Å². The molecule has 1 rings (SSSR count). The molecular weight excluding hydrogens is 229 g/mol. The normalized spacial score (nSPS) is 11.2. The minimum absolute atomic E-state index is 0.156. The number of alkyl halides is 3. The van der Waals surface area contributed by atoms with Gasteiger partial charge in [0.05, 0.1) is 11.9 Å². The second kappa shape index (κ2) is 4.52. The van der Waals surface area contributed by atoms with Gasteiger partial charge in [-0.3, -0.25) is 4.79 Å². The lowest BCUT2D eigenvalue weighted by atomic mass is 10.4. The lowest BCUT2D eigenvalue weighted by molar-refractivity contribution is -0.114. The van der Waals surface area contributed by atoms with Crippen molar-refractivity contribution in [3.8, 4) is 0 Å². The maximum Gasteiger partial charge on any atom is 0.447 e. The molecule has 0 unspecified atom stereocenters. The van der Waals surface area contributed by atoms with Crippen molar-refractivity contribution in [3.63, 3.8) is 0 Å². The van der Waals surface area contributed by atoms with Crippen LogP contribution in [0.2, 0.25) is 0 Å². The average molecular weight is 236 g/mol. The van der Waals surface area contributed by atoms with Crippen LogP contribution < -0.4 is 5.32 Å². The van der Waals surface area contributed by atoms with Gasteiger partial charge >= 0.3 is 5.51 Å². The summed E-state index contributed by atoms with van der Waals surface area (Å²) in [5.74, 6) is -0.298. The van der Waals surface area contributed by atoms with Gasteiger partial charge in [0, 0.05) is 18.7 Å². The van der Waals surface area contributed by atoms with E-state index in [4.69, 9.17) is 0 Å². The van der Waals surface area contributed by atoms with Crippen molar-refractivity contribution in [2.24, 2.45) is 0 Å².